The van der Waals surface area contributed by atoms with Crippen LogP contribution in [0.3, 0.4) is 0 Å². The van der Waals surface area contributed by atoms with Crippen molar-refractivity contribution in [1.82, 2.24) is 5.32 Å². The SMILES string of the molecule is Cc1cc(C(=O)CCC(=O)NC2COc3ccccc32)c(C)s1. The minimum atomic E-state index is -0.126. The van der Waals surface area contributed by atoms with Crippen molar-refractivity contribution in [2.24, 2.45) is 0 Å². The predicted octanol–water partition coefficient (Wildman–Crippen LogP) is 3.58. The molecule has 3 rings (SSSR count). The quantitative estimate of drug-likeness (QED) is 0.853. The molecule has 5 heteroatoms. The Morgan fingerprint density at radius 3 is 2.78 bits per heavy atom. The van der Waals surface area contributed by atoms with Crippen LogP contribution >= 0.6 is 11.3 Å². The summed E-state index contributed by atoms with van der Waals surface area (Å²) < 4.78 is 5.55. The van der Waals surface area contributed by atoms with E-state index in [-0.39, 0.29) is 30.6 Å². The topological polar surface area (TPSA) is 55.4 Å². The highest BCUT2D eigenvalue weighted by Gasteiger charge is 2.25. The fourth-order valence-corrected chi connectivity index (χ4v) is 3.76. The molecule has 0 saturated heterocycles. The standard InChI is InChI=1S/C18H19NO3S/c1-11-9-14(12(2)23-11)16(20)7-8-18(21)19-15-10-22-17-6-4-3-5-13(15)17/h3-6,9,15H,7-8,10H2,1-2H3,(H,19,21). The lowest BCUT2D eigenvalue weighted by molar-refractivity contribution is -0.121. The van der Waals surface area contributed by atoms with E-state index in [0.717, 1.165) is 26.6 Å². The average molecular weight is 329 g/mol. The maximum absolute atomic E-state index is 12.2. The molecule has 2 heterocycles. The average Bonchev–Trinajstić information content (AvgIpc) is 3.08. The zero-order valence-corrected chi connectivity index (χ0v) is 14.0. The van der Waals surface area contributed by atoms with Crippen molar-refractivity contribution < 1.29 is 14.3 Å². The van der Waals surface area contributed by atoms with Crippen molar-refractivity contribution in [3.05, 3.63) is 51.2 Å². The molecule has 1 aromatic heterocycles. The van der Waals surface area contributed by atoms with E-state index < -0.39 is 0 Å². The molecule has 1 aromatic carbocycles. The van der Waals surface area contributed by atoms with E-state index in [0.29, 0.717) is 6.61 Å². The normalized spacial score (nSPS) is 15.8. The van der Waals surface area contributed by atoms with Crippen molar-refractivity contribution in [2.45, 2.75) is 32.7 Å². The van der Waals surface area contributed by atoms with Crippen molar-refractivity contribution in [1.29, 1.82) is 0 Å². The molecule has 1 atom stereocenters. The molecule has 1 N–H and O–H groups in total. The van der Waals surface area contributed by atoms with Gasteiger partial charge < -0.3 is 10.1 Å². The maximum Gasteiger partial charge on any atom is 0.221 e. The summed E-state index contributed by atoms with van der Waals surface area (Å²) in [4.78, 5) is 26.5. The monoisotopic (exact) mass is 329 g/mol. The Kier molecular flexibility index (Phi) is 4.48. The molecule has 0 radical (unpaired) electrons. The zero-order chi connectivity index (χ0) is 16.4. The van der Waals surface area contributed by atoms with Gasteiger partial charge in [-0.15, -0.1) is 11.3 Å². The van der Waals surface area contributed by atoms with Gasteiger partial charge in [-0.05, 0) is 26.0 Å². The number of ether oxygens (including phenoxy) is 1. The van der Waals surface area contributed by atoms with Gasteiger partial charge in [0.15, 0.2) is 5.78 Å². The van der Waals surface area contributed by atoms with Crippen LogP contribution in [0.4, 0.5) is 0 Å². The van der Waals surface area contributed by atoms with Crippen LogP contribution in [-0.2, 0) is 4.79 Å². The maximum atomic E-state index is 12.2. The molecule has 0 aliphatic carbocycles. The summed E-state index contributed by atoms with van der Waals surface area (Å²) in [5.74, 6) is 0.733. The molecule has 0 saturated carbocycles. The summed E-state index contributed by atoms with van der Waals surface area (Å²) in [6.45, 7) is 4.37. The van der Waals surface area contributed by atoms with E-state index in [1.807, 2.05) is 44.2 Å². The molecular weight excluding hydrogens is 310 g/mol. The number of carbonyl (C=O) groups excluding carboxylic acids is 2. The third-order valence-corrected chi connectivity index (χ3v) is 4.92. The first-order valence-corrected chi connectivity index (χ1v) is 8.47. The third kappa shape index (κ3) is 3.45. The lowest BCUT2D eigenvalue weighted by Gasteiger charge is -2.11. The number of amides is 1. The van der Waals surface area contributed by atoms with Crippen LogP contribution in [0.5, 0.6) is 5.75 Å². The molecule has 23 heavy (non-hydrogen) atoms. The van der Waals surface area contributed by atoms with Gasteiger partial charge in [0.25, 0.3) is 0 Å². The van der Waals surface area contributed by atoms with Crippen LogP contribution in [-0.4, -0.2) is 18.3 Å². The number of Topliss-reactive ketones (excluding diaryl/α,β-unsaturated/α-hetero) is 1. The second-order valence-corrected chi connectivity index (χ2v) is 7.18. The number of para-hydroxylation sites is 1. The Bertz CT molecular complexity index is 750. The van der Waals surface area contributed by atoms with E-state index in [9.17, 15) is 9.59 Å². The molecule has 1 amide bonds. The summed E-state index contributed by atoms with van der Waals surface area (Å²) in [7, 11) is 0. The Hall–Kier alpha value is -2.14. The fourth-order valence-electron chi connectivity index (χ4n) is 2.82. The summed E-state index contributed by atoms with van der Waals surface area (Å²) in [5.41, 5.74) is 1.74. The molecule has 1 aliphatic rings. The lowest BCUT2D eigenvalue weighted by Crippen LogP contribution is -2.29. The fraction of sp³-hybridized carbons (Fsp3) is 0.333. The van der Waals surface area contributed by atoms with E-state index in [1.165, 1.54) is 0 Å². The van der Waals surface area contributed by atoms with Crippen LogP contribution in [0.1, 0.15) is 44.6 Å². The van der Waals surface area contributed by atoms with Crippen LogP contribution in [0, 0.1) is 13.8 Å². The Balaban J connectivity index is 1.55. The van der Waals surface area contributed by atoms with Gasteiger partial charge in [0.2, 0.25) is 5.91 Å². The second kappa shape index (κ2) is 6.54. The van der Waals surface area contributed by atoms with Gasteiger partial charge in [0, 0.05) is 33.7 Å². The minimum Gasteiger partial charge on any atom is -0.491 e. The number of benzene rings is 1. The molecule has 0 bridgehead atoms. The predicted molar refractivity (Wildman–Crippen MR) is 90.2 cm³/mol. The number of hydrogen-bond donors (Lipinski definition) is 1. The zero-order valence-electron chi connectivity index (χ0n) is 13.2. The molecule has 0 spiro atoms. The van der Waals surface area contributed by atoms with Gasteiger partial charge in [0.05, 0.1) is 6.04 Å². The van der Waals surface area contributed by atoms with Gasteiger partial charge >= 0.3 is 0 Å². The summed E-state index contributed by atoms with van der Waals surface area (Å²) in [5, 5.41) is 2.95. The molecule has 120 valence electrons. The number of carbonyl (C=O) groups is 2. The van der Waals surface area contributed by atoms with E-state index in [4.69, 9.17) is 4.74 Å². The summed E-state index contributed by atoms with van der Waals surface area (Å²) in [6.07, 6.45) is 0.434. The largest absolute Gasteiger partial charge is 0.491 e. The van der Waals surface area contributed by atoms with Gasteiger partial charge in [-0.2, -0.15) is 0 Å². The highest BCUT2D eigenvalue weighted by molar-refractivity contribution is 7.12. The smallest absolute Gasteiger partial charge is 0.221 e. The highest BCUT2D eigenvalue weighted by atomic mass is 32.1. The van der Waals surface area contributed by atoms with Crippen molar-refractivity contribution in [2.75, 3.05) is 6.61 Å². The highest BCUT2D eigenvalue weighted by Crippen LogP contribution is 2.31. The van der Waals surface area contributed by atoms with Crippen LogP contribution < -0.4 is 10.1 Å². The Morgan fingerprint density at radius 2 is 2.04 bits per heavy atom. The molecule has 1 unspecified atom stereocenters. The number of thiophene rings is 1. The van der Waals surface area contributed by atoms with Crippen LogP contribution in [0.15, 0.2) is 30.3 Å². The van der Waals surface area contributed by atoms with Crippen molar-refractivity contribution in [3.8, 4) is 5.75 Å². The van der Waals surface area contributed by atoms with E-state index >= 15 is 0 Å². The minimum absolute atomic E-state index is 0.0325. The summed E-state index contributed by atoms with van der Waals surface area (Å²) in [6, 6.07) is 9.47. The van der Waals surface area contributed by atoms with Crippen LogP contribution in [0.25, 0.3) is 0 Å². The molecule has 0 fully saturated rings. The number of hydrogen-bond acceptors (Lipinski definition) is 4. The molecule has 2 aromatic rings. The van der Waals surface area contributed by atoms with Crippen LogP contribution in [0.2, 0.25) is 0 Å². The number of rotatable bonds is 5. The van der Waals surface area contributed by atoms with E-state index in [1.54, 1.807) is 11.3 Å². The lowest BCUT2D eigenvalue weighted by atomic mass is 10.1. The van der Waals surface area contributed by atoms with E-state index in [2.05, 4.69) is 5.32 Å². The van der Waals surface area contributed by atoms with Crippen molar-refractivity contribution >= 4 is 23.0 Å². The van der Waals surface area contributed by atoms with Gasteiger partial charge in [0.1, 0.15) is 12.4 Å². The first-order valence-electron chi connectivity index (χ1n) is 7.66. The Labute approximate surface area is 139 Å². The molecular formula is C18H19NO3S. The number of aryl methyl sites for hydroxylation is 2. The number of fused-ring (bicyclic) bond motifs is 1. The van der Waals surface area contributed by atoms with Gasteiger partial charge in [-0.25, -0.2) is 0 Å². The number of nitrogens with one attached hydrogen (secondary N) is 1. The molecule has 1 aliphatic heterocycles. The first-order chi connectivity index (χ1) is 11.0. The Morgan fingerprint density at radius 1 is 1.26 bits per heavy atom. The van der Waals surface area contributed by atoms with Gasteiger partial charge in [-0.3, -0.25) is 9.59 Å². The number of ketones is 1. The third-order valence-electron chi connectivity index (χ3n) is 3.96. The van der Waals surface area contributed by atoms with Crippen molar-refractivity contribution in [3.63, 3.8) is 0 Å². The second-order valence-electron chi connectivity index (χ2n) is 5.72. The first kappa shape index (κ1) is 15.7. The molecule has 4 nitrogen and oxygen atoms in total. The van der Waals surface area contributed by atoms with Gasteiger partial charge in [-0.1, -0.05) is 18.2 Å². The summed E-state index contributed by atoms with van der Waals surface area (Å²) >= 11 is 1.61.